The van der Waals surface area contributed by atoms with Gasteiger partial charge in [-0.25, -0.2) is 0 Å². The summed E-state index contributed by atoms with van der Waals surface area (Å²) in [7, 11) is 0. The standard InChI is InChI=1S/C17H24N2.ClH/c1-16(2)7-8-17(3,4)14-11-12(5-6-13(14)16)15-18-9-10-19-15;/h5-6,11H,7-10H2,1-4H3,(H,18,19);1H. The fourth-order valence-corrected chi connectivity index (χ4v) is 3.33. The second-order valence-corrected chi connectivity index (χ2v) is 7.19. The van der Waals surface area contributed by atoms with Gasteiger partial charge in [-0.2, -0.15) is 0 Å². The van der Waals surface area contributed by atoms with Gasteiger partial charge in [0.2, 0.25) is 0 Å². The predicted molar refractivity (Wildman–Crippen MR) is 88.4 cm³/mol. The summed E-state index contributed by atoms with van der Waals surface area (Å²) >= 11 is 0. The molecule has 0 fully saturated rings. The molecular weight excluding hydrogens is 268 g/mol. The highest BCUT2D eigenvalue weighted by Gasteiger charge is 2.37. The van der Waals surface area contributed by atoms with Crippen LogP contribution in [0, 0.1) is 0 Å². The van der Waals surface area contributed by atoms with Crippen LogP contribution in [0.3, 0.4) is 0 Å². The highest BCUT2D eigenvalue weighted by Crippen LogP contribution is 2.45. The smallest absolute Gasteiger partial charge is 0.128 e. The van der Waals surface area contributed by atoms with Crippen molar-refractivity contribution >= 4 is 18.2 Å². The Morgan fingerprint density at radius 3 is 2.25 bits per heavy atom. The first kappa shape index (κ1) is 15.4. The Bertz CT molecular complexity index is 544. The topological polar surface area (TPSA) is 24.4 Å². The van der Waals surface area contributed by atoms with Crippen molar-refractivity contribution in [2.45, 2.75) is 51.4 Å². The molecule has 1 aliphatic carbocycles. The van der Waals surface area contributed by atoms with E-state index in [0.29, 0.717) is 5.41 Å². The Morgan fingerprint density at radius 2 is 1.65 bits per heavy atom. The molecule has 1 N–H and O–H groups in total. The van der Waals surface area contributed by atoms with Crippen LogP contribution in [-0.2, 0) is 10.8 Å². The van der Waals surface area contributed by atoms with Crippen LogP contribution in [0.2, 0.25) is 0 Å². The number of amidine groups is 1. The fraction of sp³-hybridized carbons (Fsp3) is 0.588. The van der Waals surface area contributed by atoms with Crippen molar-refractivity contribution in [3.8, 4) is 0 Å². The van der Waals surface area contributed by atoms with Gasteiger partial charge in [-0.1, -0.05) is 39.8 Å². The Hall–Kier alpha value is -1.02. The summed E-state index contributed by atoms with van der Waals surface area (Å²) < 4.78 is 0. The summed E-state index contributed by atoms with van der Waals surface area (Å²) in [4.78, 5) is 4.54. The Labute approximate surface area is 128 Å². The van der Waals surface area contributed by atoms with Crippen molar-refractivity contribution < 1.29 is 0 Å². The van der Waals surface area contributed by atoms with Crippen molar-refractivity contribution in [1.82, 2.24) is 5.32 Å². The average molecular weight is 293 g/mol. The molecule has 1 aromatic rings. The number of rotatable bonds is 1. The van der Waals surface area contributed by atoms with E-state index in [1.165, 1.54) is 29.5 Å². The summed E-state index contributed by atoms with van der Waals surface area (Å²) in [6.07, 6.45) is 2.53. The average Bonchev–Trinajstić information content (AvgIpc) is 2.89. The Morgan fingerprint density at radius 1 is 1.00 bits per heavy atom. The molecule has 3 heteroatoms. The first-order valence-electron chi connectivity index (χ1n) is 7.34. The molecule has 2 nitrogen and oxygen atoms in total. The molecule has 1 aliphatic heterocycles. The molecule has 0 aromatic heterocycles. The van der Waals surface area contributed by atoms with Gasteiger partial charge in [0.25, 0.3) is 0 Å². The molecule has 0 atom stereocenters. The van der Waals surface area contributed by atoms with Crippen LogP contribution >= 0.6 is 12.4 Å². The summed E-state index contributed by atoms with van der Waals surface area (Å²) in [6.45, 7) is 11.4. The van der Waals surface area contributed by atoms with Crippen molar-refractivity contribution in [3.63, 3.8) is 0 Å². The van der Waals surface area contributed by atoms with E-state index in [9.17, 15) is 0 Å². The van der Waals surface area contributed by atoms with Crippen molar-refractivity contribution in [2.75, 3.05) is 13.1 Å². The van der Waals surface area contributed by atoms with E-state index in [2.05, 4.69) is 56.2 Å². The fourth-order valence-electron chi connectivity index (χ4n) is 3.33. The van der Waals surface area contributed by atoms with Gasteiger partial charge >= 0.3 is 0 Å². The van der Waals surface area contributed by atoms with Crippen LogP contribution in [0.5, 0.6) is 0 Å². The van der Waals surface area contributed by atoms with Crippen LogP contribution in [0.15, 0.2) is 23.2 Å². The molecule has 0 spiro atoms. The van der Waals surface area contributed by atoms with Gasteiger partial charge in [-0.05, 0) is 40.9 Å². The van der Waals surface area contributed by atoms with Gasteiger partial charge in [0, 0.05) is 12.1 Å². The van der Waals surface area contributed by atoms with E-state index in [0.717, 1.165) is 18.9 Å². The number of hydrogen-bond donors (Lipinski definition) is 1. The van der Waals surface area contributed by atoms with E-state index in [-0.39, 0.29) is 17.8 Å². The summed E-state index contributed by atoms with van der Waals surface area (Å²) in [5, 5.41) is 3.38. The Balaban J connectivity index is 0.00000147. The third-order valence-corrected chi connectivity index (χ3v) is 4.80. The molecule has 1 aromatic carbocycles. The Kier molecular flexibility index (Phi) is 3.90. The zero-order valence-corrected chi connectivity index (χ0v) is 13.7. The number of hydrogen-bond acceptors (Lipinski definition) is 2. The molecule has 0 bridgehead atoms. The van der Waals surface area contributed by atoms with Gasteiger partial charge in [0.1, 0.15) is 5.84 Å². The van der Waals surface area contributed by atoms with E-state index in [1.807, 2.05) is 0 Å². The molecule has 0 amide bonds. The zero-order chi connectivity index (χ0) is 13.7. The van der Waals surface area contributed by atoms with Crippen molar-refractivity contribution in [1.29, 1.82) is 0 Å². The molecule has 1 heterocycles. The highest BCUT2D eigenvalue weighted by molar-refractivity contribution is 6.00. The number of halogens is 1. The highest BCUT2D eigenvalue weighted by atomic mass is 35.5. The van der Waals surface area contributed by atoms with Crippen LogP contribution in [0.25, 0.3) is 0 Å². The van der Waals surface area contributed by atoms with Gasteiger partial charge in [0.05, 0.1) is 6.54 Å². The van der Waals surface area contributed by atoms with Crippen molar-refractivity contribution in [3.05, 3.63) is 34.9 Å². The molecule has 20 heavy (non-hydrogen) atoms. The van der Waals surface area contributed by atoms with Crippen LogP contribution < -0.4 is 5.32 Å². The molecule has 0 saturated heterocycles. The minimum absolute atomic E-state index is 0. The first-order valence-corrected chi connectivity index (χ1v) is 7.34. The van der Waals surface area contributed by atoms with Gasteiger partial charge in [0.15, 0.2) is 0 Å². The van der Waals surface area contributed by atoms with E-state index >= 15 is 0 Å². The minimum atomic E-state index is 0. The number of aliphatic imine (C=N–C) groups is 1. The van der Waals surface area contributed by atoms with Crippen LogP contribution in [-0.4, -0.2) is 18.9 Å². The molecule has 0 radical (unpaired) electrons. The maximum atomic E-state index is 4.54. The minimum Gasteiger partial charge on any atom is -0.368 e. The lowest BCUT2D eigenvalue weighted by Crippen LogP contribution is -2.34. The van der Waals surface area contributed by atoms with E-state index in [1.54, 1.807) is 0 Å². The lowest BCUT2D eigenvalue weighted by atomic mass is 9.63. The number of nitrogens with one attached hydrogen (secondary N) is 1. The van der Waals surface area contributed by atoms with Crippen LogP contribution in [0.1, 0.15) is 57.2 Å². The summed E-state index contributed by atoms with van der Waals surface area (Å²) in [5.74, 6) is 1.07. The quantitative estimate of drug-likeness (QED) is 0.836. The third-order valence-electron chi connectivity index (χ3n) is 4.80. The first-order chi connectivity index (χ1) is 8.90. The second kappa shape index (κ2) is 5.07. The largest absolute Gasteiger partial charge is 0.368 e. The summed E-state index contributed by atoms with van der Waals surface area (Å²) in [6, 6.07) is 6.93. The maximum absolute atomic E-state index is 4.54. The lowest BCUT2D eigenvalue weighted by Gasteiger charge is -2.42. The number of fused-ring (bicyclic) bond motifs is 1. The molecular formula is C17H25ClN2. The molecule has 3 rings (SSSR count). The van der Waals surface area contributed by atoms with Gasteiger partial charge in [-0.15, -0.1) is 12.4 Å². The number of benzene rings is 1. The van der Waals surface area contributed by atoms with E-state index < -0.39 is 0 Å². The van der Waals surface area contributed by atoms with Gasteiger partial charge in [-0.3, -0.25) is 4.99 Å². The van der Waals surface area contributed by atoms with Crippen LogP contribution in [0.4, 0.5) is 0 Å². The molecule has 2 aliphatic rings. The SMILES string of the molecule is CC1(C)CCC(C)(C)c2cc(C3=NCCN3)ccc21.Cl. The van der Waals surface area contributed by atoms with E-state index in [4.69, 9.17) is 0 Å². The summed E-state index contributed by atoms with van der Waals surface area (Å²) in [5.41, 5.74) is 4.86. The molecule has 110 valence electrons. The normalized spacial score (nSPS) is 22.3. The van der Waals surface area contributed by atoms with Crippen molar-refractivity contribution in [2.24, 2.45) is 4.99 Å². The lowest BCUT2D eigenvalue weighted by molar-refractivity contribution is 0.332. The third kappa shape index (κ3) is 2.46. The molecule has 0 saturated carbocycles. The van der Waals surface area contributed by atoms with Gasteiger partial charge < -0.3 is 5.32 Å². The predicted octanol–water partition coefficient (Wildman–Crippen LogP) is 3.81. The second-order valence-electron chi connectivity index (χ2n) is 7.19. The maximum Gasteiger partial charge on any atom is 0.128 e. The monoisotopic (exact) mass is 292 g/mol. The number of nitrogens with zero attached hydrogens (tertiary/aromatic N) is 1. The zero-order valence-electron chi connectivity index (χ0n) is 12.9. The molecule has 0 unspecified atom stereocenters.